The third-order valence-corrected chi connectivity index (χ3v) is 1.58. The molecule has 1 amide bonds. The normalized spacial score (nSPS) is 18.4. The molecule has 0 aromatic rings. The third-order valence-electron chi connectivity index (χ3n) is 1.58. The summed E-state index contributed by atoms with van der Waals surface area (Å²) in [6, 6.07) is 0. The van der Waals surface area contributed by atoms with E-state index in [1.165, 1.54) is 11.8 Å². The molecule has 0 radical (unpaired) electrons. The van der Waals surface area contributed by atoms with Crippen LogP contribution in [0, 0.1) is 0 Å². The molecule has 1 saturated heterocycles. The first-order valence-electron chi connectivity index (χ1n) is 4.09. The minimum Gasteiger partial charge on any atom is -0.483 e. The van der Waals surface area contributed by atoms with Gasteiger partial charge in [0.25, 0.3) is 6.47 Å². The zero-order valence-corrected chi connectivity index (χ0v) is 8.28. The van der Waals surface area contributed by atoms with Crippen molar-refractivity contribution in [3.8, 4) is 0 Å². The van der Waals surface area contributed by atoms with Crippen LogP contribution in [-0.4, -0.2) is 41.6 Å². The van der Waals surface area contributed by atoms with Gasteiger partial charge in [-0.05, 0) is 6.42 Å². The van der Waals surface area contributed by atoms with Gasteiger partial charge in [0.1, 0.15) is 6.17 Å². The first kappa shape index (κ1) is 15.1. The molecule has 1 heterocycles. The molecule has 0 bridgehead atoms. The summed E-state index contributed by atoms with van der Waals surface area (Å²) in [6.07, 6.45) is -0.270. The summed E-state index contributed by atoms with van der Waals surface area (Å²) >= 11 is 0. The summed E-state index contributed by atoms with van der Waals surface area (Å²) in [5.74, 6) is -0.0184. The minimum atomic E-state index is -0.783. The van der Waals surface area contributed by atoms with Gasteiger partial charge in [0.2, 0.25) is 5.91 Å². The number of carbonyl (C=O) groups is 2. The molecule has 1 atom stereocenters. The maximum absolute atomic E-state index is 12.3. The maximum Gasteiger partial charge on any atom is 0.290 e. The Labute approximate surface area is 83.0 Å². The summed E-state index contributed by atoms with van der Waals surface area (Å²) in [5, 5.41) is 6.89. The summed E-state index contributed by atoms with van der Waals surface area (Å²) < 4.78 is 12.3. The van der Waals surface area contributed by atoms with E-state index in [1.54, 1.807) is 0 Å². The van der Waals surface area contributed by atoms with Gasteiger partial charge >= 0.3 is 0 Å². The zero-order valence-electron chi connectivity index (χ0n) is 8.28. The Bertz CT molecular complexity index is 175. The van der Waals surface area contributed by atoms with Crippen LogP contribution in [-0.2, 0) is 9.59 Å². The molecular formula is C9H16FNO3. The Morgan fingerprint density at radius 3 is 2.21 bits per heavy atom. The number of hydrogen-bond acceptors (Lipinski definition) is 2. The van der Waals surface area contributed by atoms with Gasteiger partial charge in [0, 0.05) is 13.5 Å². The highest BCUT2D eigenvalue weighted by molar-refractivity contribution is 5.73. The number of amides is 1. The lowest BCUT2D eigenvalue weighted by molar-refractivity contribution is -0.128. The van der Waals surface area contributed by atoms with E-state index < -0.39 is 6.17 Å². The van der Waals surface area contributed by atoms with Crippen molar-refractivity contribution in [2.75, 3.05) is 13.1 Å². The number of nitrogens with zero attached hydrogens (tertiary/aromatic N) is 1. The highest BCUT2D eigenvalue weighted by atomic mass is 19.1. The van der Waals surface area contributed by atoms with E-state index in [4.69, 9.17) is 9.90 Å². The van der Waals surface area contributed by atoms with Crippen molar-refractivity contribution in [3.63, 3.8) is 0 Å². The van der Waals surface area contributed by atoms with Crippen LogP contribution >= 0.6 is 0 Å². The van der Waals surface area contributed by atoms with E-state index in [0.717, 1.165) is 0 Å². The van der Waals surface area contributed by atoms with E-state index in [-0.39, 0.29) is 12.4 Å². The van der Waals surface area contributed by atoms with Crippen LogP contribution in [0.25, 0.3) is 0 Å². The topological polar surface area (TPSA) is 57.6 Å². The van der Waals surface area contributed by atoms with Crippen LogP contribution in [0.1, 0.15) is 13.3 Å². The molecule has 82 valence electrons. The molecule has 0 aromatic carbocycles. The average molecular weight is 205 g/mol. The van der Waals surface area contributed by atoms with E-state index >= 15 is 0 Å². The van der Waals surface area contributed by atoms with Crippen LogP contribution in [0.3, 0.4) is 0 Å². The summed E-state index contributed by atoms with van der Waals surface area (Å²) in [6.45, 7) is 8.11. The fourth-order valence-electron chi connectivity index (χ4n) is 1.00. The fraction of sp³-hybridized carbons (Fsp3) is 0.556. The molecule has 1 N–H and O–H groups in total. The standard InChI is InChI=1S/C6H10FNO.C2H4.CH2O2/c1-5(9)8-3-2-6(7)4-8;1-2;2-1-3/h6H,2-4H2,1H3;1-2H2;1H,(H,2,3). The van der Waals surface area contributed by atoms with Gasteiger partial charge in [-0.3, -0.25) is 9.59 Å². The number of alkyl halides is 1. The predicted molar refractivity (Wildman–Crippen MR) is 51.7 cm³/mol. The van der Waals surface area contributed by atoms with Crippen molar-refractivity contribution in [1.82, 2.24) is 4.90 Å². The highest BCUT2D eigenvalue weighted by Crippen LogP contribution is 2.11. The molecule has 0 saturated carbocycles. The summed E-state index contributed by atoms with van der Waals surface area (Å²) in [5.41, 5.74) is 0. The average Bonchev–Trinajstić information content (AvgIpc) is 2.57. The monoisotopic (exact) mass is 205 g/mol. The molecule has 4 nitrogen and oxygen atoms in total. The van der Waals surface area contributed by atoms with Crippen LogP contribution in [0.15, 0.2) is 13.2 Å². The van der Waals surface area contributed by atoms with Crippen molar-refractivity contribution < 1.29 is 19.1 Å². The molecule has 5 heteroatoms. The third kappa shape index (κ3) is 7.27. The zero-order chi connectivity index (χ0) is 11.6. The van der Waals surface area contributed by atoms with Crippen molar-refractivity contribution in [1.29, 1.82) is 0 Å². The Kier molecular flexibility index (Phi) is 10.5. The van der Waals surface area contributed by atoms with E-state index in [9.17, 15) is 9.18 Å². The molecule has 1 unspecified atom stereocenters. The van der Waals surface area contributed by atoms with Gasteiger partial charge in [-0.2, -0.15) is 0 Å². The highest BCUT2D eigenvalue weighted by Gasteiger charge is 2.22. The van der Waals surface area contributed by atoms with Crippen molar-refractivity contribution in [2.24, 2.45) is 0 Å². The Morgan fingerprint density at radius 1 is 1.64 bits per heavy atom. The maximum atomic E-state index is 12.3. The number of halogens is 1. The van der Waals surface area contributed by atoms with Gasteiger partial charge < -0.3 is 10.0 Å². The quantitative estimate of drug-likeness (QED) is 0.475. The predicted octanol–water partition coefficient (Wildman–Crippen LogP) is 1.08. The molecular weight excluding hydrogens is 189 g/mol. The van der Waals surface area contributed by atoms with Gasteiger partial charge in [0.05, 0.1) is 6.54 Å². The molecule has 1 aliphatic heterocycles. The second-order valence-corrected chi connectivity index (χ2v) is 2.46. The molecule has 0 aliphatic carbocycles. The van der Waals surface area contributed by atoms with Crippen LogP contribution < -0.4 is 0 Å². The second-order valence-electron chi connectivity index (χ2n) is 2.46. The number of rotatable bonds is 0. The Hall–Kier alpha value is -1.39. The van der Waals surface area contributed by atoms with Gasteiger partial charge in [0.15, 0.2) is 0 Å². The number of likely N-dealkylation sites (tertiary alicyclic amines) is 1. The van der Waals surface area contributed by atoms with Crippen LogP contribution in [0.4, 0.5) is 4.39 Å². The molecule has 1 aliphatic rings. The number of carbonyl (C=O) groups excluding carboxylic acids is 1. The molecule has 1 fully saturated rings. The van der Waals surface area contributed by atoms with E-state index in [0.29, 0.717) is 19.5 Å². The second kappa shape index (κ2) is 9.70. The summed E-state index contributed by atoms with van der Waals surface area (Å²) in [7, 11) is 0. The molecule has 0 aromatic heterocycles. The van der Waals surface area contributed by atoms with E-state index in [1.807, 2.05) is 0 Å². The SMILES string of the molecule is C=C.CC(=O)N1CCC(F)C1.O=CO. The van der Waals surface area contributed by atoms with Crippen molar-refractivity contribution in [2.45, 2.75) is 19.5 Å². The summed E-state index contributed by atoms with van der Waals surface area (Å²) in [4.78, 5) is 20.4. The lowest BCUT2D eigenvalue weighted by atomic mass is 10.3. The molecule has 1 rings (SSSR count). The van der Waals surface area contributed by atoms with E-state index in [2.05, 4.69) is 13.2 Å². The van der Waals surface area contributed by atoms with Gasteiger partial charge in [-0.1, -0.05) is 0 Å². The van der Waals surface area contributed by atoms with Gasteiger partial charge in [-0.25, -0.2) is 4.39 Å². The van der Waals surface area contributed by atoms with Crippen LogP contribution in [0.5, 0.6) is 0 Å². The minimum absolute atomic E-state index is 0.0184. The Morgan fingerprint density at radius 2 is 2.07 bits per heavy atom. The lowest BCUT2D eigenvalue weighted by Crippen LogP contribution is -2.25. The first-order valence-corrected chi connectivity index (χ1v) is 4.09. The first-order chi connectivity index (χ1) is 6.61. The van der Waals surface area contributed by atoms with Gasteiger partial charge in [-0.15, -0.1) is 13.2 Å². The Balaban J connectivity index is 0. The number of hydrogen-bond donors (Lipinski definition) is 1. The van der Waals surface area contributed by atoms with Crippen molar-refractivity contribution in [3.05, 3.63) is 13.2 Å². The number of carboxylic acid groups (broad SMARTS) is 1. The molecule has 0 spiro atoms. The molecule has 14 heavy (non-hydrogen) atoms. The van der Waals surface area contributed by atoms with Crippen LogP contribution in [0.2, 0.25) is 0 Å². The van der Waals surface area contributed by atoms with Crippen molar-refractivity contribution >= 4 is 12.4 Å². The smallest absolute Gasteiger partial charge is 0.290 e. The fourth-order valence-corrected chi connectivity index (χ4v) is 1.00. The lowest BCUT2D eigenvalue weighted by Gasteiger charge is -2.10. The largest absolute Gasteiger partial charge is 0.483 e.